The Morgan fingerprint density at radius 2 is 1.89 bits per heavy atom. The van der Waals surface area contributed by atoms with E-state index in [9.17, 15) is 31.5 Å². The summed E-state index contributed by atoms with van der Waals surface area (Å²) in [6.07, 6.45) is -7.60. The molecule has 0 radical (unpaired) electrons. The fourth-order valence-corrected chi connectivity index (χ4v) is 3.80. The number of carbonyl (C=O) groups is 2. The first-order valence-electron chi connectivity index (χ1n) is 10.7. The quantitative estimate of drug-likeness (QED) is 0.266. The Balaban J connectivity index is 1.99. The normalized spacial score (nSPS) is 11.6. The van der Waals surface area contributed by atoms with Crippen LogP contribution in [0.15, 0.2) is 24.3 Å². The van der Waals surface area contributed by atoms with E-state index in [1.54, 1.807) is 11.4 Å². The number of alkyl halides is 5. The summed E-state index contributed by atoms with van der Waals surface area (Å²) >= 11 is 12.7. The van der Waals surface area contributed by atoms with Crippen LogP contribution in [0.3, 0.4) is 0 Å². The number of rotatable bonds is 10. The molecule has 3 aromatic rings. The molecule has 206 valence electrons. The third kappa shape index (κ3) is 7.14. The molecular formula is C22H20Cl2F5N5O4. The lowest BCUT2D eigenvalue weighted by Gasteiger charge is -2.14. The van der Waals surface area contributed by atoms with Gasteiger partial charge < -0.3 is 30.4 Å². The standard InChI is InChI=1S/C22H20Cl2F5N5O4/c1-34-14-5-15(38-8-16(25)26)11(20(37)31-9-22(27,28)29)4-13(14)32-21(34)33-19-12(23)3-2-10(18(19)24)6-30-17(36)7-35/h2-5,16,35H,6-9H2,1H3,(H,30,36)(H,31,37)(H,32,33). The largest absolute Gasteiger partial charge is 0.487 e. The van der Waals surface area contributed by atoms with E-state index in [0.717, 1.165) is 6.07 Å². The van der Waals surface area contributed by atoms with Crippen molar-refractivity contribution in [3.63, 3.8) is 0 Å². The molecule has 4 N–H and O–H groups in total. The predicted octanol–water partition coefficient (Wildman–Crippen LogP) is 4.17. The zero-order valence-electron chi connectivity index (χ0n) is 19.4. The van der Waals surface area contributed by atoms with Gasteiger partial charge in [-0.05, 0) is 17.7 Å². The Morgan fingerprint density at radius 1 is 1.18 bits per heavy atom. The monoisotopic (exact) mass is 583 g/mol. The molecule has 0 bridgehead atoms. The minimum Gasteiger partial charge on any atom is -0.487 e. The number of anilines is 2. The van der Waals surface area contributed by atoms with Crippen LogP contribution in [-0.4, -0.2) is 58.8 Å². The van der Waals surface area contributed by atoms with Gasteiger partial charge >= 0.3 is 6.18 Å². The van der Waals surface area contributed by atoms with Crippen molar-refractivity contribution in [1.29, 1.82) is 0 Å². The molecule has 0 saturated carbocycles. The Morgan fingerprint density at radius 3 is 2.53 bits per heavy atom. The molecule has 0 fully saturated rings. The van der Waals surface area contributed by atoms with E-state index < -0.39 is 49.7 Å². The number of nitrogens with one attached hydrogen (secondary N) is 3. The number of ether oxygens (including phenoxy) is 1. The van der Waals surface area contributed by atoms with E-state index in [-0.39, 0.29) is 45.0 Å². The van der Waals surface area contributed by atoms with Gasteiger partial charge in [0.2, 0.25) is 11.9 Å². The zero-order chi connectivity index (χ0) is 28.2. The number of amides is 2. The van der Waals surface area contributed by atoms with Gasteiger partial charge in [-0.2, -0.15) is 13.2 Å². The minimum absolute atomic E-state index is 0.0200. The van der Waals surface area contributed by atoms with E-state index in [1.807, 2.05) is 0 Å². The van der Waals surface area contributed by atoms with Crippen molar-refractivity contribution >= 4 is 57.7 Å². The van der Waals surface area contributed by atoms with Crippen LogP contribution in [0.1, 0.15) is 15.9 Å². The molecule has 0 aliphatic heterocycles. The Bertz CT molecular complexity index is 1350. The van der Waals surface area contributed by atoms with E-state index >= 15 is 0 Å². The van der Waals surface area contributed by atoms with E-state index in [1.165, 1.54) is 23.7 Å². The average molecular weight is 584 g/mol. The fraction of sp³-hybridized carbons (Fsp3) is 0.318. The van der Waals surface area contributed by atoms with Gasteiger partial charge in [0, 0.05) is 19.7 Å². The molecule has 16 heteroatoms. The molecule has 9 nitrogen and oxygen atoms in total. The lowest BCUT2D eigenvalue weighted by atomic mass is 10.1. The summed E-state index contributed by atoms with van der Waals surface area (Å²) in [5.41, 5.74) is 0.618. The average Bonchev–Trinajstić information content (AvgIpc) is 3.16. The highest BCUT2D eigenvalue weighted by Crippen LogP contribution is 2.36. The number of aryl methyl sites for hydroxylation is 1. The molecule has 1 heterocycles. The number of fused-ring (bicyclic) bond motifs is 1. The van der Waals surface area contributed by atoms with E-state index in [2.05, 4.69) is 15.6 Å². The predicted molar refractivity (Wildman–Crippen MR) is 129 cm³/mol. The number of hydrogen-bond donors (Lipinski definition) is 4. The summed E-state index contributed by atoms with van der Waals surface area (Å²) in [5.74, 6) is -2.07. The number of aromatic nitrogens is 2. The van der Waals surface area contributed by atoms with Crippen LogP contribution in [0.25, 0.3) is 11.0 Å². The summed E-state index contributed by atoms with van der Waals surface area (Å²) in [5, 5.41) is 16.2. The first-order valence-corrected chi connectivity index (χ1v) is 11.4. The van der Waals surface area contributed by atoms with Crippen LogP contribution >= 0.6 is 23.2 Å². The highest BCUT2D eigenvalue weighted by atomic mass is 35.5. The summed E-state index contributed by atoms with van der Waals surface area (Å²) in [4.78, 5) is 28.1. The van der Waals surface area contributed by atoms with Gasteiger partial charge in [0.1, 0.15) is 25.5 Å². The molecule has 0 unspecified atom stereocenters. The molecule has 3 rings (SSSR count). The first-order chi connectivity index (χ1) is 17.8. The third-order valence-corrected chi connectivity index (χ3v) is 5.82. The van der Waals surface area contributed by atoms with Crippen molar-refractivity contribution in [2.75, 3.05) is 25.1 Å². The van der Waals surface area contributed by atoms with Crippen LogP contribution in [0.5, 0.6) is 5.75 Å². The Kier molecular flexibility index (Phi) is 9.22. The van der Waals surface area contributed by atoms with Gasteiger partial charge in [-0.3, -0.25) is 9.59 Å². The van der Waals surface area contributed by atoms with Crippen LogP contribution in [0.4, 0.5) is 33.6 Å². The van der Waals surface area contributed by atoms with Gasteiger partial charge in [-0.1, -0.05) is 29.3 Å². The number of imidazole rings is 1. The molecule has 0 aliphatic rings. The summed E-state index contributed by atoms with van der Waals surface area (Å²) in [6, 6.07) is 5.36. The van der Waals surface area contributed by atoms with E-state index in [0.29, 0.717) is 5.56 Å². The minimum atomic E-state index is -4.69. The van der Waals surface area contributed by atoms with Crippen LogP contribution in [0, 0.1) is 0 Å². The molecule has 0 atom stereocenters. The molecule has 0 spiro atoms. The number of hydrogen-bond acceptors (Lipinski definition) is 6. The Labute approximate surface area is 221 Å². The summed E-state index contributed by atoms with van der Waals surface area (Å²) < 4.78 is 69.7. The molecule has 1 aromatic heterocycles. The van der Waals surface area contributed by atoms with Crippen molar-refractivity contribution < 1.29 is 41.4 Å². The van der Waals surface area contributed by atoms with Crippen LogP contribution in [-0.2, 0) is 18.4 Å². The number of carbonyl (C=O) groups excluding carboxylic acids is 2. The van der Waals surface area contributed by atoms with Crippen molar-refractivity contribution in [2.24, 2.45) is 7.05 Å². The maximum Gasteiger partial charge on any atom is 0.405 e. The second kappa shape index (κ2) is 12.0. The summed E-state index contributed by atoms with van der Waals surface area (Å²) in [6.45, 7) is -3.47. The van der Waals surface area contributed by atoms with Crippen LogP contribution < -0.4 is 20.7 Å². The van der Waals surface area contributed by atoms with Crippen molar-refractivity contribution in [2.45, 2.75) is 19.1 Å². The molecule has 2 amide bonds. The van der Waals surface area contributed by atoms with Crippen molar-refractivity contribution in [3.8, 4) is 5.75 Å². The Hall–Kier alpha value is -3.36. The lowest BCUT2D eigenvalue weighted by molar-refractivity contribution is -0.124. The van der Waals surface area contributed by atoms with E-state index in [4.69, 9.17) is 33.0 Å². The van der Waals surface area contributed by atoms with Gasteiger partial charge in [-0.15, -0.1) is 0 Å². The molecule has 0 saturated heterocycles. The summed E-state index contributed by atoms with van der Waals surface area (Å²) in [7, 11) is 1.53. The maximum absolute atomic E-state index is 12.8. The van der Waals surface area contributed by atoms with Gasteiger partial charge in [-0.25, -0.2) is 13.8 Å². The number of nitrogens with zero attached hydrogens (tertiary/aromatic N) is 2. The number of halogens is 7. The number of aliphatic hydroxyl groups excluding tert-OH is 1. The second-order valence-corrected chi connectivity index (χ2v) is 8.57. The first kappa shape index (κ1) is 29.2. The van der Waals surface area contributed by atoms with Crippen molar-refractivity contribution in [3.05, 3.63) is 45.4 Å². The molecule has 38 heavy (non-hydrogen) atoms. The van der Waals surface area contributed by atoms with Gasteiger partial charge in [0.15, 0.2) is 0 Å². The van der Waals surface area contributed by atoms with Crippen LogP contribution in [0.2, 0.25) is 10.0 Å². The highest BCUT2D eigenvalue weighted by molar-refractivity contribution is 6.39. The lowest BCUT2D eigenvalue weighted by Crippen LogP contribution is -2.34. The molecule has 0 aliphatic carbocycles. The third-order valence-electron chi connectivity index (χ3n) is 5.07. The van der Waals surface area contributed by atoms with Crippen molar-refractivity contribution in [1.82, 2.24) is 20.2 Å². The highest BCUT2D eigenvalue weighted by Gasteiger charge is 2.29. The SMILES string of the molecule is Cn1c(Nc2c(Cl)ccc(CNC(=O)CO)c2Cl)nc2cc(C(=O)NCC(F)(F)F)c(OCC(F)F)cc21. The molecular weight excluding hydrogens is 564 g/mol. The molecule has 2 aromatic carbocycles. The van der Waals surface area contributed by atoms with Gasteiger partial charge in [0.05, 0.1) is 32.3 Å². The zero-order valence-corrected chi connectivity index (χ0v) is 20.9. The second-order valence-electron chi connectivity index (χ2n) is 7.79. The fourth-order valence-electron chi connectivity index (χ4n) is 3.26. The topological polar surface area (TPSA) is 118 Å². The number of aliphatic hydroxyl groups is 1. The maximum atomic E-state index is 12.8. The number of benzene rings is 2. The van der Waals surface area contributed by atoms with Gasteiger partial charge in [0.25, 0.3) is 12.3 Å². The smallest absolute Gasteiger partial charge is 0.405 e.